The summed E-state index contributed by atoms with van der Waals surface area (Å²) in [6.07, 6.45) is 2.45. The van der Waals surface area contributed by atoms with Gasteiger partial charge >= 0.3 is 0 Å². The second-order valence-corrected chi connectivity index (χ2v) is 4.49. The molecule has 0 aromatic heterocycles. The molecule has 1 aliphatic rings. The van der Waals surface area contributed by atoms with Gasteiger partial charge in [0.2, 0.25) is 11.8 Å². The zero-order chi connectivity index (χ0) is 12.1. The lowest BCUT2D eigenvalue weighted by molar-refractivity contribution is -0.132. The van der Waals surface area contributed by atoms with Gasteiger partial charge < -0.3 is 16.0 Å². The van der Waals surface area contributed by atoms with Crippen LogP contribution in [0.25, 0.3) is 0 Å². The van der Waals surface area contributed by atoms with E-state index in [1.165, 1.54) is 0 Å². The number of likely N-dealkylation sites (tertiary alicyclic amines) is 1. The summed E-state index contributed by atoms with van der Waals surface area (Å²) in [6, 6.07) is -0.300. The van der Waals surface area contributed by atoms with Crippen LogP contribution in [0, 0.1) is 0 Å². The fourth-order valence-electron chi connectivity index (χ4n) is 2.07. The fraction of sp³-hybridized carbons (Fsp3) is 0.818. The molecule has 0 bridgehead atoms. The Kier molecular flexibility index (Phi) is 4.73. The first-order valence-corrected chi connectivity index (χ1v) is 5.84. The molecule has 2 unspecified atom stereocenters. The number of amides is 2. The first-order valence-electron chi connectivity index (χ1n) is 5.84. The van der Waals surface area contributed by atoms with Gasteiger partial charge in [-0.2, -0.15) is 0 Å². The van der Waals surface area contributed by atoms with Crippen molar-refractivity contribution in [3.05, 3.63) is 0 Å². The monoisotopic (exact) mass is 227 g/mol. The number of rotatable bonds is 5. The number of nitrogens with one attached hydrogen (secondary N) is 1. The molecule has 3 N–H and O–H groups in total. The van der Waals surface area contributed by atoms with Crippen LogP contribution in [0.1, 0.15) is 33.1 Å². The second-order valence-electron chi connectivity index (χ2n) is 4.49. The van der Waals surface area contributed by atoms with Crippen molar-refractivity contribution in [1.29, 1.82) is 0 Å². The average Bonchev–Trinajstić information content (AvgIpc) is 2.67. The Morgan fingerprint density at radius 1 is 1.31 bits per heavy atom. The first kappa shape index (κ1) is 13.0. The van der Waals surface area contributed by atoms with Crippen LogP contribution in [-0.2, 0) is 9.59 Å². The van der Waals surface area contributed by atoms with Crippen LogP contribution >= 0.6 is 0 Å². The molecule has 92 valence electrons. The van der Waals surface area contributed by atoms with Crippen molar-refractivity contribution in [3.8, 4) is 0 Å². The van der Waals surface area contributed by atoms with Crippen molar-refractivity contribution in [1.82, 2.24) is 10.2 Å². The van der Waals surface area contributed by atoms with Crippen molar-refractivity contribution in [3.63, 3.8) is 0 Å². The van der Waals surface area contributed by atoms with E-state index in [9.17, 15) is 9.59 Å². The molecule has 2 amide bonds. The summed E-state index contributed by atoms with van der Waals surface area (Å²) in [7, 11) is 0. The maximum atomic E-state index is 11.9. The van der Waals surface area contributed by atoms with Crippen molar-refractivity contribution in [2.24, 2.45) is 5.73 Å². The van der Waals surface area contributed by atoms with Crippen LogP contribution in [0.2, 0.25) is 0 Å². The minimum absolute atomic E-state index is 0.0564. The molecule has 0 aromatic carbocycles. The molecule has 0 saturated carbocycles. The molecule has 5 heteroatoms. The summed E-state index contributed by atoms with van der Waals surface area (Å²) in [5.41, 5.74) is 5.09. The molecule has 2 atom stereocenters. The summed E-state index contributed by atoms with van der Waals surface area (Å²) in [4.78, 5) is 24.5. The van der Waals surface area contributed by atoms with Crippen LogP contribution in [0.3, 0.4) is 0 Å². The van der Waals surface area contributed by atoms with Crippen LogP contribution in [0.4, 0.5) is 0 Å². The molecular weight excluding hydrogens is 206 g/mol. The third-order valence-electron chi connectivity index (χ3n) is 2.83. The predicted molar refractivity (Wildman–Crippen MR) is 61.7 cm³/mol. The lowest BCUT2D eigenvalue weighted by atomic mass is 10.2. The van der Waals surface area contributed by atoms with Crippen molar-refractivity contribution in [2.75, 3.05) is 13.1 Å². The van der Waals surface area contributed by atoms with Gasteiger partial charge in [0, 0.05) is 25.6 Å². The Labute approximate surface area is 96.4 Å². The van der Waals surface area contributed by atoms with E-state index in [1.807, 2.05) is 18.7 Å². The van der Waals surface area contributed by atoms with Gasteiger partial charge in [0.15, 0.2) is 0 Å². The highest BCUT2D eigenvalue weighted by Crippen LogP contribution is 2.09. The minimum Gasteiger partial charge on any atom is -0.370 e. The minimum atomic E-state index is -0.346. The van der Waals surface area contributed by atoms with E-state index in [4.69, 9.17) is 5.73 Å². The molecule has 1 rings (SSSR count). The predicted octanol–water partition coefficient (Wildman–Crippen LogP) is -0.149. The average molecular weight is 227 g/mol. The molecule has 5 nitrogen and oxygen atoms in total. The van der Waals surface area contributed by atoms with Crippen LogP contribution in [0.5, 0.6) is 0 Å². The van der Waals surface area contributed by atoms with Crippen molar-refractivity contribution in [2.45, 2.75) is 45.2 Å². The molecule has 0 aromatic rings. The smallest absolute Gasteiger partial charge is 0.239 e. The SMILES string of the molecule is CC(CC(N)=O)NC(C)C(=O)N1CCCC1. The standard InChI is InChI=1S/C11H21N3O2/c1-8(7-10(12)15)13-9(2)11(16)14-5-3-4-6-14/h8-9,13H,3-7H2,1-2H3,(H2,12,15). The molecule has 0 aliphatic carbocycles. The van der Waals surface area contributed by atoms with Gasteiger partial charge in [-0.05, 0) is 26.7 Å². The van der Waals surface area contributed by atoms with Gasteiger partial charge in [-0.25, -0.2) is 0 Å². The molecule has 0 spiro atoms. The summed E-state index contributed by atoms with van der Waals surface area (Å²) in [5, 5.41) is 3.10. The molecule has 16 heavy (non-hydrogen) atoms. The number of carbonyl (C=O) groups excluding carboxylic acids is 2. The Bertz CT molecular complexity index is 262. The molecule has 1 saturated heterocycles. The van der Waals surface area contributed by atoms with E-state index in [0.717, 1.165) is 25.9 Å². The third kappa shape index (κ3) is 3.81. The van der Waals surface area contributed by atoms with E-state index < -0.39 is 0 Å². The van der Waals surface area contributed by atoms with Gasteiger partial charge in [0.25, 0.3) is 0 Å². The van der Waals surface area contributed by atoms with E-state index in [2.05, 4.69) is 5.32 Å². The lowest BCUT2D eigenvalue weighted by Gasteiger charge is -2.23. The van der Waals surface area contributed by atoms with E-state index in [-0.39, 0.29) is 30.3 Å². The summed E-state index contributed by atoms with van der Waals surface area (Å²) < 4.78 is 0. The maximum Gasteiger partial charge on any atom is 0.239 e. The molecule has 1 aliphatic heterocycles. The van der Waals surface area contributed by atoms with Crippen LogP contribution < -0.4 is 11.1 Å². The lowest BCUT2D eigenvalue weighted by Crippen LogP contribution is -2.47. The number of primary amides is 1. The summed E-state index contributed by atoms with van der Waals surface area (Å²) in [5.74, 6) is -0.227. The number of carbonyl (C=O) groups is 2. The van der Waals surface area contributed by atoms with Crippen LogP contribution in [-0.4, -0.2) is 41.9 Å². The van der Waals surface area contributed by atoms with E-state index in [0.29, 0.717) is 0 Å². The summed E-state index contributed by atoms with van der Waals surface area (Å²) >= 11 is 0. The number of nitrogens with zero attached hydrogens (tertiary/aromatic N) is 1. The fourth-order valence-corrected chi connectivity index (χ4v) is 2.07. The Morgan fingerprint density at radius 3 is 2.38 bits per heavy atom. The van der Waals surface area contributed by atoms with Gasteiger partial charge in [-0.3, -0.25) is 9.59 Å². The largest absolute Gasteiger partial charge is 0.370 e. The van der Waals surface area contributed by atoms with Crippen molar-refractivity contribution < 1.29 is 9.59 Å². The van der Waals surface area contributed by atoms with Crippen LogP contribution in [0.15, 0.2) is 0 Å². The van der Waals surface area contributed by atoms with E-state index in [1.54, 1.807) is 0 Å². The van der Waals surface area contributed by atoms with Gasteiger partial charge in [0.1, 0.15) is 0 Å². The molecule has 0 radical (unpaired) electrons. The quantitative estimate of drug-likeness (QED) is 0.686. The Morgan fingerprint density at radius 2 is 1.88 bits per heavy atom. The normalized spacial score (nSPS) is 19.5. The highest BCUT2D eigenvalue weighted by atomic mass is 16.2. The maximum absolute atomic E-state index is 11.9. The van der Waals surface area contributed by atoms with Crippen molar-refractivity contribution >= 4 is 11.8 Å². The van der Waals surface area contributed by atoms with Gasteiger partial charge in [-0.1, -0.05) is 0 Å². The number of nitrogens with two attached hydrogens (primary N) is 1. The second kappa shape index (κ2) is 5.84. The Balaban J connectivity index is 2.35. The zero-order valence-electron chi connectivity index (χ0n) is 10.0. The Hall–Kier alpha value is -1.10. The topological polar surface area (TPSA) is 75.4 Å². The first-order chi connectivity index (χ1) is 7.50. The van der Waals surface area contributed by atoms with Gasteiger partial charge in [-0.15, -0.1) is 0 Å². The molecule has 1 heterocycles. The molecular formula is C11H21N3O2. The van der Waals surface area contributed by atoms with Gasteiger partial charge in [0.05, 0.1) is 6.04 Å². The zero-order valence-corrected chi connectivity index (χ0v) is 10.0. The number of hydrogen-bond donors (Lipinski definition) is 2. The van der Waals surface area contributed by atoms with E-state index >= 15 is 0 Å². The third-order valence-corrected chi connectivity index (χ3v) is 2.83. The number of hydrogen-bond acceptors (Lipinski definition) is 3. The highest BCUT2D eigenvalue weighted by Gasteiger charge is 2.24. The highest BCUT2D eigenvalue weighted by molar-refractivity contribution is 5.82. The molecule has 1 fully saturated rings. The summed E-state index contributed by atoms with van der Waals surface area (Å²) in [6.45, 7) is 5.40.